The van der Waals surface area contributed by atoms with Crippen molar-refractivity contribution in [2.24, 2.45) is 5.16 Å². The number of hydrogen-bond acceptors (Lipinski definition) is 9. The Morgan fingerprint density at radius 3 is 2.69 bits per heavy atom. The lowest BCUT2D eigenvalue weighted by atomic mass is 10.2. The lowest BCUT2D eigenvalue weighted by molar-refractivity contribution is -0.384. The molecule has 0 spiro atoms. The number of rotatable bonds is 4. The number of piperazine rings is 1. The number of halogens is 1. The van der Waals surface area contributed by atoms with Crippen LogP contribution in [0.2, 0.25) is 5.02 Å². The van der Waals surface area contributed by atoms with Gasteiger partial charge in [-0.2, -0.15) is 0 Å². The Morgan fingerprint density at radius 2 is 2.12 bits per heavy atom. The van der Waals surface area contributed by atoms with Gasteiger partial charge in [-0.05, 0) is 22.4 Å². The molecule has 0 radical (unpaired) electrons. The molecule has 2 heterocycles. The number of oxime groups is 1. The van der Waals surface area contributed by atoms with Gasteiger partial charge in [-0.3, -0.25) is 10.1 Å². The molecule has 1 aromatic carbocycles. The molecule has 12 heteroatoms. The van der Waals surface area contributed by atoms with E-state index in [9.17, 15) is 10.1 Å². The molecule has 11 nitrogen and oxygen atoms in total. The van der Waals surface area contributed by atoms with Gasteiger partial charge >= 0.3 is 0 Å². The van der Waals surface area contributed by atoms with Gasteiger partial charge in [-0.15, -0.1) is 0 Å². The third kappa shape index (κ3) is 3.47. The van der Waals surface area contributed by atoms with E-state index in [0.29, 0.717) is 42.7 Å². The Hall–Kier alpha value is -3.08. The van der Waals surface area contributed by atoms with Crippen molar-refractivity contribution in [1.82, 2.24) is 15.2 Å². The Balaban J connectivity index is 1.78. The van der Waals surface area contributed by atoms with Crippen molar-refractivity contribution < 1.29 is 14.4 Å². The van der Waals surface area contributed by atoms with Gasteiger partial charge in [0.05, 0.1) is 4.92 Å². The van der Waals surface area contributed by atoms with Crippen LogP contribution in [0.5, 0.6) is 0 Å². The molecular formula is C14H16ClN7O4. The first-order valence-electron chi connectivity index (χ1n) is 7.64. The maximum Gasteiger partial charge on any atom is 0.294 e. The van der Waals surface area contributed by atoms with Crippen molar-refractivity contribution >= 4 is 34.6 Å². The van der Waals surface area contributed by atoms with Crippen LogP contribution in [0.15, 0.2) is 28.0 Å². The second-order valence-electron chi connectivity index (χ2n) is 5.46. The zero-order chi connectivity index (χ0) is 18.7. The minimum Gasteiger partial charge on any atom is -0.397 e. The number of nitrogens with two attached hydrogens (primary N) is 1. The van der Waals surface area contributed by atoms with E-state index in [1.54, 1.807) is 12.1 Å². The summed E-state index contributed by atoms with van der Waals surface area (Å²) >= 11 is 5.88. The summed E-state index contributed by atoms with van der Waals surface area (Å²) in [5, 5.41) is 22.9. The summed E-state index contributed by atoms with van der Waals surface area (Å²) in [4.78, 5) is 19.6. The predicted molar refractivity (Wildman–Crippen MR) is 94.1 cm³/mol. The first-order chi connectivity index (χ1) is 12.5. The monoisotopic (exact) mass is 381 g/mol. The Bertz CT molecular complexity index is 832. The van der Waals surface area contributed by atoms with Gasteiger partial charge in [0.25, 0.3) is 5.69 Å². The van der Waals surface area contributed by atoms with E-state index in [1.807, 2.05) is 9.80 Å². The van der Waals surface area contributed by atoms with Crippen molar-refractivity contribution in [2.75, 3.05) is 43.9 Å². The van der Waals surface area contributed by atoms with E-state index < -0.39 is 4.92 Å². The maximum absolute atomic E-state index is 11.3. The summed E-state index contributed by atoms with van der Waals surface area (Å²) < 4.78 is 4.62. The Labute approximate surface area is 153 Å². The van der Waals surface area contributed by atoms with Crippen LogP contribution in [-0.2, 0) is 4.84 Å². The normalized spacial score (nSPS) is 15.2. The van der Waals surface area contributed by atoms with E-state index in [-0.39, 0.29) is 17.2 Å². The summed E-state index contributed by atoms with van der Waals surface area (Å²) in [5.41, 5.74) is 6.52. The fourth-order valence-corrected chi connectivity index (χ4v) is 2.92. The summed E-state index contributed by atoms with van der Waals surface area (Å²) in [5.74, 6) is 0.507. The number of amidine groups is 1. The molecule has 1 saturated heterocycles. The van der Waals surface area contributed by atoms with Gasteiger partial charge in [-0.25, -0.2) is 4.63 Å². The molecule has 1 aliphatic rings. The minimum atomic E-state index is -0.437. The van der Waals surface area contributed by atoms with Crippen LogP contribution in [-0.4, -0.2) is 59.3 Å². The number of nitrogen functional groups attached to an aromatic ring is 1. The van der Waals surface area contributed by atoms with Crippen molar-refractivity contribution in [3.05, 3.63) is 39.0 Å². The molecule has 2 aromatic rings. The minimum absolute atomic E-state index is 0.0262. The molecule has 0 atom stereocenters. The molecule has 26 heavy (non-hydrogen) atoms. The number of anilines is 2. The van der Waals surface area contributed by atoms with Crippen LogP contribution in [0.3, 0.4) is 0 Å². The van der Waals surface area contributed by atoms with Crippen molar-refractivity contribution in [2.45, 2.75) is 0 Å². The quantitative estimate of drug-likeness (QED) is 0.360. The van der Waals surface area contributed by atoms with Crippen LogP contribution >= 0.6 is 11.6 Å². The zero-order valence-electron chi connectivity index (χ0n) is 13.8. The van der Waals surface area contributed by atoms with Gasteiger partial charge in [-0.1, -0.05) is 16.8 Å². The highest BCUT2D eigenvalue weighted by Gasteiger charge is 2.28. The summed E-state index contributed by atoms with van der Waals surface area (Å²) in [6.45, 7) is 2.09. The van der Waals surface area contributed by atoms with Crippen LogP contribution in [0.25, 0.3) is 0 Å². The average Bonchev–Trinajstić information content (AvgIpc) is 3.05. The zero-order valence-corrected chi connectivity index (χ0v) is 14.6. The molecule has 3 rings (SSSR count). The van der Waals surface area contributed by atoms with E-state index in [1.165, 1.54) is 13.2 Å². The Kier molecular flexibility index (Phi) is 5.07. The summed E-state index contributed by atoms with van der Waals surface area (Å²) in [6, 6.07) is 4.64. The molecule has 0 unspecified atom stereocenters. The van der Waals surface area contributed by atoms with Gasteiger partial charge in [0.2, 0.25) is 5.84 Å². The molecule has 0 amide bonds. The number of nitro benzene ring substituents is 1. The lowest BCUT2D eigenvalue weighted by Crippen LogP contribution is -2.49. The third-order valence-electron chi connectivity index (χ3n) is 3.96. The van der Waals surface area contributed by atoms with Gasteiger partial charge < -0.3 is 20.4 Å². The molecule has 1 aromatic heterocycles. The number of nitro groups is 1. The van der Waals surface area contributed by atoms with Gasteiger partial charge in [0, 0.05) is 37.3 Å². The molecule has 2 N–H and O–H groups in total. The van der Waals surface area contributed by atoms with Crippen LogP contribution in [0.4, 0.5) is 17.2 Å². The van der Waals surface area contributed by atoms with Gasteiger partial charge in [0.15, 0.2) is 11.5 Å². The fraction of sp³-hybridized carbons (Fsp3) is 0.357. The smallest absolute Gasteiger partial charge is 0.294 e. The molecule has 0 saturated carbocycles. The molecule has 0 aliphatic carbocycles. The number of benzene rings is 1. The highest BCUT2D eigenvalue weighted by atomic mass is 35.5. The number of nitrogens with zero attached hydrogens (tertiary/aromatic N) is 6. The largest absolute Gasteiger partial charge is 0.397 e. The summed E-state index contributed by atoms with van der Waals surface area (Å²) in [6.07, 6.45) is 0. The first-order valence-corrected chi connectivity index (χ1v) is 8.02. The Morgan fingerprint density at radius 1 is 1.38 bits per heavy atom. The van der Waals surface area contributed by atoms with Crippen molar-refractivity contribution in [3.8, 4) is 0 Å². The standard InChI is InChI=1S/C14H16ClN7O4/c1-25-19-14(12-13(16)18-26-17-12)21-6-4-20(5-7-21)10-3-2-9(15)8-11(10)22(23)24/h2-3,8H,4-7H2,1H3,(H2,16,18)/b19-14-. The molecule has 138 valence electrons. The molecule has 1 aliphatic heterocycles. The fourth-order valence-electron chi connectivity index (χ4n) is 2.76. The van der Waals surface area contributed by atoms with Crippen LogP contribution < -0.4 is 10.6 Å². The van der Waals surface area contributed by atoms with Crippen LogP contribution in [0, 0.1) is 10.1 Å². The highest BCUT2D eigenvalue weighted by Crippen LogP contribution is 2.31. The van der Waals surface area contributed by atoms with Gasteiger partial charge in [0.1, 0.15) is 12.8 Å². The molecule has 1 fully saturated rings. The number of hydrogen-bond donors (Lipinski definition) is 1. The van der Waals surface area contributed by atoms with E-state index in [4.69, 9.17) is 22.2 Å². The van der Waals surface area contributed by atoms with Crippen molar-refractivity contribution in [1.29, 1.82) is 0 Å². The highest BCUT2D eigenvalue weighted by molar-refractivity contribution is 6.30. The first kappa shape index (κ1) is 17.7. The SMILES string of the molecule is CO/N=C(/c1nonc1N)N1CCN(c2ccc(Cl)cc2[N+](=O)[O-])CC1. The summed E-state index contributed by atoms with van der Waals surface area (Å²) in [7, 11) is 1.41. The average molecular weight is 382 g/mol. The molecule has 0 bridgehead atoms. The maximum atomic E-state index is 11.3. The lowest BCUT2D eigenvalue weighted by Gasteiger charge is -2.36. The van der Waals surface area contributed by atoms with E-state index in [2.05, 4.69) is 20.1 Å². The third-order valence-corrected chi connectivity index (χ3v) is 4.19. The topological polar surface area (TPSA) is 136 Å². The molecular weight excluding hydrogens is 366 g/mol. The van der Waals surface area contributed by atoms with E-state index in [0.717, 1.165) is 0 Å². The second kappa shape index (κ2) is 7.44. The second-order valence-corrected chi connectivity index (χ2v) is 5.90. The van der Waals surface area contributed by atoms with E-state index >= 15 is 0 Å². The van der Waals surface area contributed by atoms with Crippen LogP contribution in [0.1, 0.15) is 5.69 Å². The number of aromatic nitrogens is 2. The van der Waals surface area contributed by atoms with Crippen molar-refractivity contribution in [3.63, 3.8) is 0 Å². The predicted octanol–water partition coefficient (Wildman–Crippen LogP) is 1.34.